The second kappa shape index (κ2) is 8.68. The average molecular weight is 390 g/mol. The number of thiocarbonyl (C=S) groups is 1. The minimum absolute atomic E-state index is 0.487. The molecule has 0 radical (unpaired) electrons. The molecule has 0 saturated heterocycles. The molecular weight excluding hydrogens is 368 g/mol. The summed E-state index contributed by atoms with van der Waals surface area (Å²) in [5.74, 6) is 3.20. The number of hydrogen-bond donors (Lipinski definition) is 2. The lowest BCUT2D eigenvalue weighted by Gasteiger charge is -2.19. The number of benzene rings is 2. The van der Waals surface area contributed by atoms with E-state index in [4.69, 9.17) is 35.9 Å². The smallest absolute Gasteiger partial charge is 0.203 e. The number of hydrogen-bond acceptors (Lipinski definition) is 6. The molecule has 1 aliphatic rings. The van der Waals surface area contributed by atoms with Crippen molar-refractivity contribution in [2.75, 3.05) is 39.9 Å². The number of anilines is 1. The molecule has 3 rings (SSSR count). The van der Waals surface area contributed by atoms with E-state index >= 15 is 0 Å². The Balaban J connectivity index is 1.64. The van der Waals surface area contributed by atoms with Crippen molar-refractivity contribution in [2.24, 2.45) is 0 Å². The van der Waals surface area contributed by atoms with Crippen molar-refractivity contribution < 1.29 is 23.7 Å². The Bertz CT molecular complexity index is 803. The molecule has 8 heteroatoms. The van der Waals surface area contributed by atoms with E-state index in [2.05, 4.69) is 10.6 Å². The second-order valence-corrected chi connectivity index (χ2v) is 6.11. The fraction of sp³-hybridized carbons (Fsp3) is 0.316. The Labute approximate surface area is 163 Å². The zero-order valence-electron chi connectivity index (χ0n) is 15.5. The van der Waals surface area contributed by atoms with Gasteiger partial charge < -0.3 is 34.3 Å². The van der Waals surface area contributed by atoms with Gasteiger partial charge in [-0.3, -0.25) is 0 Å². The number of rotatable bonds is 6. The molecule has 0 unspecified atom stereocenters. The van der Waals surface area contributed by atoms with E-state index in [1.165, 1.54) is 0 Å². The van der Waals surface area contributed by atoms with Gasteiger partial charge in [-0.25, -0.2) is 0 Å². The van der Waals surface area contributed by atoms with Crippen molar-refractivity contribution in [1.82, 2.24) is 5.32 Å². The summed E-state index contributed by atoms with van der Waals surface area (Å²) in [6.07, 6.45) is 0. The third-order valence-corrected chi connectivity index (χ3v) is 4.22. The van der Waals surface area contributed by atoms with E-state index in [0.717, 1.165) is 17.0 Å². The number of fused-ring (bicyclic) bond motifs is 1. The van der Waals surface area contributed by atoms with Crippen LogP contribution in [0.4, 0.5) is 5.69 Å². The van der Waals surface area contributed by atoms with Gasteiger partial charge in [0.1, 0.15) is 13.2 Å². The van der Waals surface area contributed by atoms with Gasteiger partial charge in [0.25, 0.3) is 0 Å². The maximum atomic E-state index is 5.58. The highest BCUT2D eigenvalue weighted by molar-refractivity contribution is 7.80. The van der Waals surface area contributed by atoms with Crippen molar-refractivity contribution in [2.45, 2.75) is 6.54 Å². The van der Waals surface area contributed by atoms with Gasteiger partial charge in [0, 0.05) is 18.3 Å². The highest BCUT2D eigenvalue weighted by atomic mass is 32.1. The molecule has 0 saturated carbocycles. The summed E-state index contributed by atoms with van der Waals surface area (Å²) in [5, 5.41) is 6.79. The van der Waals surface area contributed by atoms with Crippen LogP contribution < -0.4 is 34.3 Å². The molecule has 0 spiro atoms. The summed E-state index contributed by atoms with van der Waals surface area (Å²) < 4.78 is 27.2. The standard InChI is InChI=1S/C19H22N2O5S/c1-22-16-8-12(9-17(23-2)18(16)24-3)11-20-19(27)21-13-4-5-14-15(10-13)26-7-6-25-14/h4-5,8-10H,6-7,11H2,1-3H3,(H2,20,21,27). The van der Waals surface area contributed by atoms with Crippen LogP contribution in [0.3, 0.4) is 0 Å². The Morgan fingerprint density at radius 1 is 0.963 bits per heavy atom. The maximum Gasteiger partial charge on any atom is 0.203 e. The van der Waals surface area contributed by atoms with E-state index < -0.39 is 0 Å². The van der Waals surface area contributed by atoms with Crippen LogP contribution in [-0.2, 0) is 6.54 Å². The molecule has 0 bridgehead atoms. The summed E-state index contributed by atoms with van der Waals surface area (Å²) in [6.45, 7) is 1.60. The molecule has 1 aliphatic heterocycles. The predicted molar refractivity (Wildman–Crippen MR) is 107 cm³/mol. The van der Waals surface area contributed by atoms with Crippen LogP contribution in [-0.4, -0.2) is 39.7 Å². The Kier molecular flexibility index (Phi) is 6.08. The van der Waals surface area contributed by atoms with Crippen molar-refractivity contribution >= 4 is 23.0 Å². The SMILES string of the molecule is COc1cc(CNC(=S)Nc2ccc3c(c2)OCCO3)cc(OC)c1OC. The minimum Gasteiger partial charge on any atom is -0.493 e. The molecule has 0 fully saturated rings. The lowest BCUT2D eigenvalue weighted by Crippen LogP contribution is -2.28. The Morgan fingerprint density at radius 3 is 2.26 bits per heavy atom. The molecule has 2 aromatic carbocycles. The molecule has 0 aliphatic carbocycles. The first-order chi connectivity index (χ1) is 13.1. The second-order valence-electron chi connectivity index (χ2n) is 5.70. The molecule has 27 heavy (non-hydrogen) atoms. The number of methoxy groups -OCH3 is 3. The third-order valence-electron chi connectivity index (χ3n) is 3.98. The first-order valence-electron chi connectivity index (χ1n) is 8.38. The van der Waals surface area contributed by atoms with E-state index in [1.807, 2.05) is 30.3 Å². The topological polar surface area (TPSA) is 70.2 Å². The van der Waals surface area contributed by atoms with Gasteiger partial charge in [0.2, 0.25) is 5.75 Å². The fourth-order valence-corrected chi connectivity index (χ4v) is 2.91. The molecule has 0 atom stereocenters. The van der Waals surface area contributed by atoms with E-state index in [9.17, 15) is 0 Å². The van der Waals surface area contributed by atoms with Crippen molar-refractivity contribution in [1.29, 1.82) is 0 Å². The Morgan fingerprint density at radius 2 is 1.63 bits per heavy atom. The molecule has 0 amide bonds. The molecule has 2 aromatic rings. The van der Waals surface area contributed by atoms with E-state index in [1.54, 1.807) is 21.3 Å². The van der Waals surface area contributed by atoms with E-state index in [-0.39, 0.29) is 0 Å². The molecule has 144 valence electrons. The van der Waals surface area contributed by atoms with Crippen LogP contribution in [0.15, 0.2) is 30.3 Å². The minimum atomic E-state index is 0.487. The number of ether oxygens (including phenoxy) is 5. The predicted octanol–water partition coefficient (Wildman–Crippen LogP) is 2.97. The highest BCUT2D eigenvalue weighted by Crippen LogP contribution is 2.38. The van der Waals surface area contributed by atoms with Gasteiger partial charge in [0.15, 0.2) is 28.1 Å². The quantitative estimate of drug-likeness (QED) is 0.730. The third kappa shape index (κ3) is 4.46. The van der Waals surface area contributed by atoms with Gasteiger partial charge in [-0.2, -0.15) is 0 Å². The molecular formula is C19H22N2O5S. The van der Waals surface area contributed by atoms with Gasteiger partial charge in [0.05, 0.1) is 21.3 Å². The fourth-order valence-electron chi connectivity index (χ4n) is 2.72. The van der Waals surface area contributed by atoms with Crippen LogP contribution in [0.1, 0.15) is 5.56 Å². The van der Waals surface area contributed by atoms with Crippen LogP contribution in [0.25, 0.3) is 0 Å². The average Bonchev–Trinajstić information content (AvgIpc) is 2.71. The normalized spacial score (nSPS) is 12.1. The van der Waals surface area contributed by atoms with Crippen molar-refractivity contribution in [3.8, 4) is 28.7 Å². The lowest BCUT2D eigenvalue weighted by atomic mass is 10.2. The van der Waals surface area contributed by atoms with Crippen LogP contribution in [0.5, 0.6) is 28.7 Å². The largest absolute Gasteiger partial charge is 0.493 e. The first kappa shape index (κ1) is 18.9. The molecule has 1 heterocycles. The van der Waals surface area contributed by atoms with Crippen LogP contribution in [0, 0.1) is 0 Å². The Hall–Kier alpha value is -2.87. The van der Waals surface area contributed by atoms with Crippen LogP contribution >= 0.6 is 12.2 Å². The number of nitrogens with one attached hydrogen (secondary N) is 2. The van der Waals surface area contributed by atoms with Gasteiger partial charge in [-0.1, -0.05) is 0 Å². The van der Waals surface area contributed by atoms with Gasteiger partial charge in [-0.05, 0) is 42.0 Å². The molecule has 2 N–H and O–H groups in total. The van der Waals surface area contributed by atoms with Crippen molar-refractivity contribution in [3.05, 3.63) is 35.9 Å². The zero-order chi connectivity index (χ0) is 19.2. The summed E-state index contributed by atoms with van der Waals surface area (Å²) in [6, 6.07) is 9.36. The highest BCUT2D eigenvalue weighted by Gasteiger charge is 2.14. The van der Waals surface area contributed by atoms with Gasteiger partial charge in [-0.15, -0.1) is 0 Å². The first-order valence-corrected chi connectivity index (χ1v) is 8.78. The van der Waals surface area contributed by atoms with Crippen molar-refractivity contribution in [3.63, 3.8) is 0 Å². The summed E-state index contributed by atoms with van der Waals surface area (Å²) in [4.78, 5) is 0. The zero-order valence-corrected chi connectivity index (χ0v) is 16.3. The summed E-state index contributed by atoms with van der Waals surface area (Å²) in [5.41, 5.74) is 1.76. The van der Waals surface area contributed by atoms with Crippen LogP contribution in [0.2, 0.25) is 0 Å². The lowest BCUT2D eigenvalue weighted by molar-refractivity contribution is 0.171. The van der Waals surface area contributed by atoms with E-state index in [0.29, 0.717) is 47.9 Å². The molecule has 0 aromatic heterocycles. The van der Waals surface area contributed by atoms with Gasteiger partial charge >= 0.3 is 0 Å². The molecule has 7 nitrogen and oxygen atoms in total. The summed E-state index contributed by atoms with van der Waals surface area (Å²) in [7, 11) is 4.75. The summed E-state index contributed by atoms with van der Waals surface area (Å²) >= 11 is 5.38. The maximum absolute atomic E-state index is 5.58. The monoisotopic (exact) mass is 390 g/mol.